The molecule has 0 radical (unpaired) electrons. The third-order valence-electron chi connectivity index (χ3n) is 4.37. The zero-order valence-corrected chi connectivity index (χ0v) is 12.8. The van der Waals surface area contributed by atoms with Gasteiger partial charge in [0.05, 0.1) is 11.6 Å². The molecule has 0 aromatic heterocycles. The largest absolute Gasteiger partial charge is 0.348 e. The van der Waals surface area contributed by atoms with Crippen LogP contribution >= 0.6 is 0 Å². The molecule has 1 fully saturated rings. The number of carbonyl (C=O) groups is 1. The number of hydrogen-bond acceptors (Lipinski definition) is 2. The van der Waals surface area contributed by atoms with Crippen molar-refractivity contribution in [3.8, 4) is 0 Å². The van der Waals surface area contributed by atoms with E-state index in [2.05, 4.69) is 31.3 Å². The Balaban J connectivity index is 2.03. The summed E-state index contributed by atoms with van der Waals surface area (Å²) in [6, 6.07) is 8.24. The van der Waals surface area contributed by atoms with Gasteiger partial charge in [0, 0.05) is 0 Å². The Kier molecular flexibility index (Phi) is 4.48. The standard InChI is InChI=1S/C17H26N2O/c1-12-6-4-8-15(10-12)14(3)19-16(20)17(18)9-5-7-13(2)11-17/h4,6,8,10,13-14H,5,7,9,11,18H2,1-3H3,(H,19,20)/t13?,14-,17?/m0/s1. The molecule has 3 atom stereocenters. The summed E-state index contributed by atoms with van der Waals surface area (Å²) < 4.78 is 0. The van der Waals surface area contributed by atoms with Crippen LogP contribution < -0.4 is 11.1 Å². The first-order valence-corrected chi connectivity index (χ1v) is 7.57. The zero-order valence-electron chi connectivity index (χ0n) is 12.8. The molecule has 1 amide bonds. The van der Waals surface area contributed by atoms with Gasteiger partial charge in [-0.05, 0) is 38.2 Å². The summed E-state index contributed by atoms with van der Waals surface area (Å²) in [6.07, 6.45) is 3.81. The smallest absolute Gasteiger partial charge is 0.240 e. The minimum Gasteiger partial charge on any atom is -0.348 e. The van der Waals surface area contributed by atoms with Crippen molar-refractivity contribution in [3.63, 3.8) is 0 Å². The maximum absolute atomic E-state index is 12.5. The van der Waals surface area contributed by atoms with E-state index in [4.69, 9.17) is 5.73 Å². The van der Waals surface area contributed by atoms with Gasteiger partial charge in [0.1, 0.15) is 0 Å². The van der Waals surface area contributed by atoms with E-state index < -0.39 is 5.54 Å². The number of nitrogens with two attached hydrogens (primary N) is 1. The van der Waals surface area contributed by atoms with Crippen LogP contribution in [-0.4, -0.2) is 11.4 Å². The number of benzene rings is 1. The average molecular weight is 274 g/mol. The minimum absolute atomic E-state index is 0.0000534. The fourth-order valence-electron chi connectivity index (χ4n) is 3.16. The third-order valence-corrected chi connectivity index (χ3v) is 4.37. The Morgan fingerprint density at radius 1 is 1.50 bits per heavy atom. The van der Waals surface area contributed by atoms with Crippen LogP contribution in [0.2, 0.25) is 0 Å². The molecule has 2 unspecified atom stereocenters. The van der Waals surface area contributed by atoms with Gasteiger partial charge in [-0.1, -0.05) is 49.6 Å². The number of amides is 1. The van der Waals surface area contributed by atoms with E-state index in [1.807, 2.05) is 19.1 Å². The SMILES string of the molecule is Cc1cccc([C@H](C)NC(=O)C2(N)CCCC(C)C2)c1. The van der Waals surface area contributed by atoms with Gasteiger partial charge >= 0.3 is 0 Å². The van der Waals surface area contributed by atoms with E-state index in [-0.39, 0.29) is 11.9 Å². The average Bonchev–Trinajstić information content (AvgIpc) is 2.38. The lowest BCUT2D eigenvalue weighted by molar-refractivity contribution is -0.128. The van der Waals surface area contributed by atoms with Crippen LogP contribution in [0.1, 0.15) is 56.7 Å². The molecule has 1 aromatic rings. The Hall–Kier alpha value is -1.35. The molecule has 3 N–H and O–H groups in total. The van der Waals surface area contributed by atoms with Crippen molar-refractivity contribution >= 4 is 5.91 Å². The second kappa shape index (κ2) is 5.96. The fraction of sp³-hybridized carbons (Fsp3) is 0.588. The summed E-state index contributed by atoms with van der Waals surface area (Å²) in [5.41, 5.74) is 7.99. The topological polar surface area (TPSA) is 55.1 Å². The van der Waals surface area contributed by atoms with Crippen molar-refractivity contribution in [1.82, 2.24) is 5.32 Å². The molecule has 2 rings (SSSR count). The molecule has 3 nitrogen and oxygen atoms in total. The van der Waals surface area contributed by atoms with Gasteiger partial charge in [-0.15, -0.1) is 0 Å². The van der Waals surface area contributed by atoms with Crippen LogP contribution in [0.3, 0.4) is 0 Å². The molecule has 110 valence electrons. The van der Waals surface area contributed by atoms with Gasteiger partial charge in [0.25, 0.3) is 0 Å². The van der Waals surface area contributed by atoms with Gasteiger partial charge < -0.3 is 11.1 Å². The fourth-order valence-corrected chi connectivity index (χ4v) is 3.16. The van der Waals surface area contributed by atoms with Crippen LogP contribution in [0, 0.1) is 12.8 Å². The lowest BCUT2D eigenvalue weighted by atomic mass is 9.76. The monoisotopic (exact) mass is 274 g/mol. The van der Waals surface area contributed by atoms with Gasteiger partial charge in [0.2, 0.25) is 5.91 Å². The molecule has 0 heterocycles. The Bertz CT molecular complexity index is 486. The van der Waals surface area contributed by atoms with Crippen LogP contribution in [0.5, 0.6) is 0 Å². The van der Waals surface area contributed by atoms with Crippen molar-refractivity contribution in [2.75, 3.05) is 0 Å². The van der Waals surface area contributed by atoms with Gasteiger partial charge in [0.15, 0.2) is 0 Å². The molecule has 0 bridgehead atoms. The number of hydrogen-bond donors (Lipinski definition) is 2. The van der Waals surface area contributed by atoms with E-state index >= 15 is 0 Å². The van der Waals surface area contributed by atoms with E-state index in [0.717, 1.165) is 24.8 Å². The maximum atomic E-state index is 12.5. The van der Waals surface area contributed by atoms with Gasteiger partial charge in [-0.3, -0.25) is 4.79 Å². The van der Waals surface area contributed by atoms with E-state index in [0.29, 0.717) is 5.92 Å². The molecular weight excluding hydrogens is 248 g/mol. The number of nitrogens with one attached hydrogen (secondary N) is 1. The van der Waals surface area contributed by atoms with Crippen molar-refractivity contribution in [3.05, 3.63) is 35.4 Å². The van der Waals surface area contributed by atoms with Gasteiger partial charge in [-0.25, -0.2) is 0 Å². The summed E-state index contributed by atoms with van der Waals surface area (Å²) in [4.78, 5) is 12.5. The summed E-state index contributed by atoms with van der Waals surface area (Å²) in [5.74, 6) is 0.534. The Morgan fingerprint density at radius 3 is 2.90 bits per heavy atom. The summed E-state index contributed by atoms with van der Waals surface area (Å²) >= 11 is 0. The maximum Gasteiger partial charge on any atom is 0.240 e. The zero-order chi connectivity index (χ0) is 14.8. The van der Waals surface area contributed by atoms with Crippen molar-refractivity contribution in [2.45, 2.75) is 58.0 Å². The molecule has 1 aromatic carbocycles. The second-order valence-electron chi connectivity index (χ2n) is 6.47. The third kappa shape index (κ3) is 3.40. The van der Waals surface area contributed by atoms with E-state index in [9.17, 15) is 4.79 Å². The second-order valence-corrected chi connectivity index (χ2v) is 6.47. The predicted molar refractivity (Wildman–Crippen MR) is 82.3 cm³/mol. The summed E-state index contributed by atoms with van der Waals surface area (Å²) in [6.45, 7) is 6.26. The van der Waals surface area contributed by atoms with Crippen LogP contribution in [-0.2, 0) is 4.79 Å². The molecule has 0 spiro atoms. The van der Waals surface area contributed by atoms with Crippen LogP contribution in [0.25, 0.3) is 0 Å². The molecule has 3 heteroatoms. The summed E-state index contributed by atoms with van der Waals surface area (Å²) in [7, 11) is 0. The molecular formula is C17H26N2O. The molecule has 0 aliphatic heterocycles. The van der Waals surface area contributed by atoms with E-state index in [1.54, 1.807) is 0 Å². The summed E-state index contributed by atoms with van der Waals surface area (Å²) in [5, 5.41) is 3.09. The number of rotatable bonds is 3. The normalized spacial score (nSPS) is 27.9. The quantitative estimate of drug-likeness (QED) is 0.890. The first kappa shape index (κ1) is 15.0. The first-order valence-electron chi connectivity index (χ1n) is 7.57. The molecule has 20 heavy (non-hydrogen) atoms. The van der Waals surface area contributed by atoms with E-state index in [1.165, 1.54) is 12.0 Å². The first-order chi connectivity index (χ1) is 9.40. The van der Waals surface area contributed by atoms with Crippen molar-refractivity contribution < 1.29 is 4.79 Å². The molecule has 1 saturated carbocycles. The highest BCUT2D eigenvalue weighted by atomic mass is 16.2. The number of aryl methyl sites for hydroxylation is 1. The lowest BCUT2D eigenvalue weighted by Crippen LogP contribution is -2.56. The van der Waals surface area contributed by atoms with Crippen LogP contribution in [0.15, 0.2) is 24.3 Å². The van der Waals surface area contributed by atoms with Gasteiger partial charge in [-0.2, -0.15) is 0 Å². The number of carbonyl (C=O) groups excluding carboxylic acids is 1. The Labute approximate surface area is 121 Å². The molecule has 1 aliphatic rings. The van der Waals surface area contributed by atoms with Crippen molar-refractivity contribution in [2.24, 2.45) is 11.7 Å². The minimum atomic E-state index is -0.685. The Morgan fingerprint density at radius 2 is 2.25 bits per heavy atom. The van der Waals surface area contributed by atoms with Crippen LogP contribution in [0.4, 0.5) is 0 Å². The molecule has 1 aliphatic carbocycles. The predicted octanol–water partition coefficient (Wildman–Crippen LogP) is 3.08. The highest BCUT2D eigenvalue weighted by molar-refractivity contribution is 5.86. The van der Waals surface area contributed by atoms with Crippen molar-refractivity contribution in [1.29, 1.82) is 0 Å². The lowest BCUT2D eigenvalue weighted by Gasteiger charge is -2.36. The highest BCUT2D eigenvalue weighted by Gasteiger charge is 2.38. The highest BCUT2D eigenvalue weighted by Crippen LogP contribution is 2.31. The molecule has 0 saturated heterocycles.